The molecule has 1 aromatic carbocycles. The van der Waals surface area contributed by atoms with Gasteiger partial charge in [-0.05, 0) is 28.1 Å². The van der Waals surface area contributed by atoms with Crippen molar-refractivity contribution in [3.8, 4) is 0 Å². The molecule has 6 nitrogen and oxygen atoms in total. The van der Waals surface area contributed by atoms with Crippen LogP contribution in [0.5, 0.6) is 0 Å². The molecule has 0 saturated heterocycles. The summed E-state index contributed by atoms with van der Waals surface area (Å²) in [5.74, 6) is -0.405. The SMILES string of the molecule is CC(C)(CO)CNC(=O)c1ccc(Br)c([N+](=O)[O-])c1. The molecule has 0 fully saturated rings. The van der Waals surface area contributed by atoms with Gasteiger partial charge >= 0.3 is 0 Å². The molecule has 7 heteroatoms. The van der Waals surface area contributed by atoms with E-state index in [0.717, 1.165) is 0 Å². The molecule has 0 aliphatic carbocycles. The van der Waals surface area contributed by atoms with E-state index in [0.29, 0.717) is 4.47 Å². The number of aliphatic hydroxyl groups is 1. The molecule has 19 heavy (non-hydrogen) atoms. The highest BCUT2D eigenvalue weighted by atomic mass is 79.9. The van der Waals surface area contributed by atoms with Crippen LogP contribution in [-0.4, -0.2) is 29.1 Å². The van der Waals surface area contributed by atoms with E-state index in [4.69, 9.17) is 5.11 Å². The number of benzene rings is 1. The molecule has 0 saturated carbocycles. The Morgan fingerprint density at radius 3 is 2.68 bits per heavy atom. The van der Waals surface area contributed by atoms with Crippen LogP contribution in [0.2, 0.25) is 0 Å². The molecule has 0 bridgehead atoms. The Labute approximate surface area is 119 Å². The van der Waals surface area contributed by atoms with Gasteiger partial charge in [0.1, 0.15) is 0 Å². The Kier molecular flexibility index (Phi) is 5.02. The van der Waals surface area contributed by atoms with Gasteiger partial charge in [0.25, 0.3) is 11.6 Å². The van der Waals surface area contributed by atoms with Crippen LogP contribution in [0.25, 0.3) is 0 Å². The number of carbonyl (C=O) groups is 1. The number of aliphatic hydroxyl groups excluding tert-OH is 1. The van der Waals surface area contributed by atoms with Crippen molar-refractivity contribution in [3.63, 3.8) is 0 Å². The Morgan fingerprint density at radius 2 is 2.16 bits per heavy atom. The monoisotopic (exact) mass is 330 g/mol. The van der Waals surface area contributed by atoms with Crippen LogP contribution < -0.4 is 5.32 Å². The van der Waals surface area contributed by atoms with Gasteiger partial charge in [0.05, 0.1) is 9.40 Å². The van der Waals surface area contributed by atoms with Crippen LogP contribution in [-0.2, 0) is 0 Å². The number of hydrogen-bond acceptors (Lipinski definition) is 4. The van der Waals surface area contributed by atoms with E-state index in [2.05, 4.69) is 21.2 Å². The van der Waals surface area contributed by atoms with Crippen molar-refractivity contribution in [2.45, 2.75) is 13.8 Å². The first-order chi connectivity index (χ1) is 8.76. The molecule has 0 spiro atoms. The lowest BCUT2D eigenvalue weighted by Gasteiger charge is -2.21. The molecule has 0 radical (unpaired) electrons. The van der Waals surface area contributed by atoms with Gasteiger partial charge in [-0.1, -0.05) is 13.8 Å². The lowest BCUT2D eigenvalue weighted by molar-refractivity contribution is -0.385. The van der Waals surface area contributed by atoms with Gasteiger partial charge in [0, 0.05) is 30.2 Å². The Morgan fingerprint density at radius 1 is 1.53 bits per heavy atom. The maximum Gasteiger partial charge on any atom is 0.284 e. The highest BCUT2D eigenvalue weighted by Crippen LogP contribution is 2.25. The molecule has 0 aliphatic heterocycles. The van der Waals surface area contributed by atoms with E-state index in [1.165, 1.54) is 18.2 Å². The van der Waals surface area contributed by atoms with Crippen LogP contribution >= 0.6 is 15.9 Å². The highest BCUT2D eigenvalue weighted by molar-refractivity contribution is 9.10. The van der Waals surface area contributed by atoms with Crippen LogP contribution in [0.3, 0.4) is 0 Å². The predicted octanol–water partition coefficient (Wildman–Crippen LogP) is 2.11. The van der Waals surface area contributed by atoms with E-state index < -0.39 is 16.2 Å². The average molecular weight is 331 g/mol. The van der Waals surface area contributed by atoms with Crippen molar-refractivity contribution >= 4 is 27.5 Å². The quantitative estimate of drug-likeness (QED) is 0.638. The van der Waals surface area contributed by atoms with E-state index in [9.17, 15) is 14.9 Å². The number of carbonyl (C=O) groups excluding carboxylic acids is 1. The first-order valence-electron chi connectivity index (χ1n) is 5.60. The standard InChI is InChI=1S/C12H15BrN2O4/c1-12(2,7-16)6-14-11(17)8-3-4-9(13)10(5-8)15(18)19/h3-5,16H,6-7H2,1-2H3,(H,14,17). The van der Waals surface area contributed by atoms with E-state index >= 15 is 0 Å². The number of halogens is 1. The molecule has 0 heterocycles. The van der Waals surface area contributed by atoms with E-state index in [1.807, 2.05) is 0 Å². The molecule has 0 aliphatic rings. The number of nitro benzene ring substituents is 1. The van der Waals surface area contributed by atoms with Crippen molar-refractivity contribution in [2.75, 3.05) is 13.2 Å². The fraction of sp³-hybridized carbons (Fsp3) is 0.417. The van der Waals surface area contributed by atoms with Crippen molar-refractivity contribution in [1.29, 1.82) is 0 Å². The van der Waals surface area contributed by atoms with Crippen LogP contribution in [0.4, 0.5) is 5.69 Å². The largest absolute Gasteiger partial charge is 0.396 e. The Bertz CT molecular complexity index is 503. The van der Waals surface area contributed by atoms with Crippen molar-refractivity contribution in [3.05, 3.63) is 38.3 Å². The predicted molar refractivity (Wildman–Crippen MR) is 74.0 cm³/mol. The summed E-state index contributed by atoms with van der Waals surface area (Å²) >= 11 is 3.06. The molecule has 0 unspecified atom stereocenters. The molecule has 0 aromatic heterocycles. The number of hydrogen-bond donors (Lipinski definition) is 2. The lowest BCUT2D eigenvalue weighted by atomic mass is 9.95. The summed E-state index contributed by atoms with van der Waals surface area (Å²) in [6.07, 6.45) is 0. The topological polar surface area (TPSA) is 92.5 Å². The summed E-state index contributed by atoms with van der Waals surface area (Å²) in [5.41, 5.74) is -0.380. The van der Waals surface area contributed by atoms with Crippen molar-refractivity contribution in [1.82, 2.24) is 5.32 Å². The van der Waals surface area contributed by atoms with Gasteiger partial charge in [0.2, 0.25) is 0 Å². The number of amides is 1. The summed E-state index contributed by atoms with van der Waals surface area (Å²) in [4.78, 5) is 22.1. The zero-order valence-corrected chi connectivity index (χ0v) is 12.2. The number of rotatable bonds is 5. The number of nitrogens with zero attached hydrogens (tertiary/aromatic N) is 1. The summed E-state index contributed by atoms with van der Waals surface area (Å²) in [6, 6.07) is 4.17. The molecule has 1 amide bonds. The van der Waals surface area contributed by atoms with Gasteiger partial charge in [-0.15, -0.1) is 0 Å². The zero-order valence-electron chi connectivity index (χ0n) is 10.6. The molecule has 2 N–H and O–H groups in total. The Balaban J connectivity index is 2.84. The first-order valence-corrected chi connectivity index (χ1v) is 6.39. The Hall–Kier alpha value is -1.47. The number of nitrogens with one attached hydrogen (secondary N) is 1. The molecule has 0 atom stereocenters. The minimum atomic E-state index is -0.557. The minimum Gasteiger partial charge on any atom is -0.396 e. The van der Waals surface area contributed by atoms with Crippen LogP contribution in [0.1, 0.15) is 24.2 Å². The summed E-state index contributed by atoms with van der Waals surface area (Å²) < 4.78 is 0.324. The second kappa shape index (κ2) is 6.12. The highest BCUT2D eigenvalue weighted by Gasteiger charge is 2.20. The van der Waals surface area contributed by atoms with Crippen LogP contribution in [0, 0.1) is 15.5 Å². The number of nitro groups is 1. The van der Waals surface area contributed by atoms with E-state index in [1.54, 1.807) is 13.8 Å². The summed E-state index contributed by atoms with van der Waals surface area (Å²) in [6.45, 7) is 3.83. The fourth-order valence-corrected chi connectivity index (χ4v) is 1.66. The third-order valence-electron chi connectivity index (χ3n) is 2.56. The molecular formula is C12H15BrN2O4. The van der Waals surface area contributed by atoms with Crippen molar-refractivity contribution < 1.29 is 14.8 Å². The molecule has 104 valence electrons. The fourth-order valence-electron chi connectivity index (χ4n) is 1.27. The molecular weight excluding hydrogens is 316 g/mol. The maximum atomic E-state index is 11.9. The third kappa shape index (κ3) is 4.29. The molecule has 1 aromatic rings. The van der Waals surface area contributed by atoms with Gasteiger partial charge in [-0.3, -0.25) is 14.9 Å². The summed E-state index contributed by atoms with van der Waals surface area (Å²) in [5, 5.41) is 22.5. The third-order valence-corrected chi connectivity index (χ3v) is 3.23. The zero-order chi connectivity index (χ0) is 14.6. The maximum absolute atomic E-state index is 11.9. The van der Waals surface area contributed by atoms with E-state index in [-0.39, 0.29) is 24.4 Å². The second-order valence-corrected chi connectivity index (χ2v) is 5.78. The average Bonchev–Trinajstić information content (AvgIpc) is 2.36. The van der Waals surface area contributed by atoms with Crippen LogP contribution in [0.15, 0.2) is 22.7 Å². The van der Waals surface area contributed by atoms with Gasteiger partial charge in [-0.2, -0.15) is 0 Å². The second-order valence-electron chi connectivity index (χ2n) is 4.93. The molecule has 1 rings (SSSR count). The van der Waals surface area contributed by atoms with Gasteiger partial charge in [0.15, 0.2) is 0 Å². The van der Waals surface area contributed by atoms with Gasteiger partial charge in [-0.25, -0.2) is 0 Å². The minimum absolute atomic E-state index is 0.0617. The van der Waals surface area contributed by atoms with Crippen molar-refractivity contribution in [2.24, 2.45) is 5.41 Å². The smallest absolute Gasteiger partial charge is 0.284 e. The normalized spacial score (nSPS) is 11.2. The first kappa shape index (κ1) is 15.6. The van der Waals surface area contributed by atoms with Gasteiger partial charge < -0.3 is 10.4 Å². The lowest BCUT2D eigenvalue weighted by Crippen LogP contribution is -2.36. The summed E-state index contributed by atoms with van der Waals surface area (Å²) in [7, 11) is 0.